The standard InChI is InChI=1S/C23H26N4O4S2/c28-23(17-8-10-19(11-9-17)33(29,30)27-13-2-1-3-14-27)26-12-4-6-18(16-26)21-24-25-22(31-21)20-7-5-15-32-20/h5,7-11,15,18H,1-4,6,12-14,16H2. The van der Waals surface area contributed by atoms with Gasteiger partial charge >= 0.3 is 0 Å². The van der Waals surface area contributed by atoms with Crippen molar-refractivity contribution in [3.63, 3.8) is 0 Å². The van der Waals surface area contributed by atoms with Gasteiger partial charge in [-0.05, 0) is 61.4 Å². The van der Waals surface area contributed by atoms with E-state index in [0.29, 0.717) is 43.5 Å². The first-order valence-corrected chi connectivity index (χ1v) is 13.6. The fourth-order valence-electron chi connectivity index (χ4n) is 4.47. The summed E-state index contributed by atoms with van der Waals surface area (Å²) in [6.45, 7) is 2.26. The van der Waals surface area contributed by atoms with Gasteiger partial charge in [-0.2, -0.15) is 4.31 Å². The van der Waals surface area contributed by atoms with Crippen LogP contribution in [0.5, 0.6) is 0 Å². The number of piperidine rings is 2. The lowest BCUT2D eigenvalue weighted by Crippen LogP contribution is -2.39. The highest BCUT2D eigenvalue weighted by atomic mass is 32.2. The first kappa shape index (κ1) is 22.2. The third-order valence-electron chi connectivity index (χ3n) is 6.28. The molecule has 1 amide bonds. The van der Waals surface area contributed by atoms with Crippen molar-refractivity contribution < 1.29 is 17.6 Å². The molecule has 1 unspecified atom stereocenters. The summed E-state index contributed by atoms with van der Waals surface area (Å²) in [5.41, 5.74) is 0.484. The van der Waals surface area contributed by atoms with Crippen LogP contribution in [0.15, 0.2) is 51.1 Å². The molecule has 5 rings (SSSR count). The van der Waals surface area contributed by atoms with E-state index in [1.54, 1.807) is 40.5 Å². The molecule has 2 aliphatic rings. The van der Waals surface area contributed by atoms with Gasteiger partial charge in [-0.25, -0.2) is 8.42 Å². The molecule has 2 aromatic heterocycles. The van der Waals surface area contributed by atoms with E-state index in [9.17, 15) is 13.2 Å². The van der Waals surface area contributed by atoms with Crippen LogP contribution in [0.25, 0.3) is 10.8 Å². The van der Waals surface area contributed by atoms with Gasteiger partial charge in [-0.3, -0.25) is 4.79 Å². The van der Waals surface area contributed by atoms with Gasteiger partial charge in [0.05, 0.1) is 15.7 Å². The summed E-state index contributed by atoms with van der Waals surface area (Å²) in [4.78, 5) is 16.1. The molecular formula is C23H26N4O4S2. The molecule has 0 bridgehead atoms. The number of benzene rings is 1. The summed E-state index contributed by atoms with van der Waals surface area (Å²) in [5, 5.41) is 10.4. The van der Waals surface area contributed by atoms with Gasteiger partial charge in [-0.1, -0.05) is 12.5 Å². The molecule has 0 aliphatic carbocycles. The molecular weight excluding hydrogens is 460 g/mol. The molecule has 1 atom stereocenters. The Bertz CT molecular complexity index is 1200. The third kappa shape index (κ3) is 4.60. The van der Waals surface area contributed by atoms with Gasteiger partial charge in [0.1, 0.15) is 0 Å². The number of hydrogen-bond donors (Lipinski definition) is 0. The summed E-state index contributed by atoms with van der Waals surface area (Å²) in [5.74, 6) is 0.940. The topological polar surface area (TPSA) is 96.6 Å². The monoisotopic (exact) mass is 486 g/mol. The Morgan fingerprint density at radius 2 is 1.79 bits per heavy atom. The van der Waals surface area contributed by atoms with Crippen LogP contribution in [-0.2, 0) is 10.0 Å². The normalized spacial score (nSPS) is 20.1. The molecule has 4 heterocycles. The van der Waals surface area contributed by atoms with Crippen molar-refractivity contribution in [1.82, 2.24) is 19.4 Å². The molecule has 2 aliphatic heterocycles. The minimum atomic E-state index is -3.51. The Morgan fingerprint density at radius 1 is 1.00 bits per heavy atom. The predicted molar refractivity (Wildman–Crippen MR) is 125 cm³/mol. The molecule has 174 valence electrons. The highest BCUT2D eigenvalue weighted by molar-refractivity contribution is 7.89. The summed E-state index contributed by atoms with van der Waals surface area (Å²) < 4.78 is 33.2. The van der Waals surface area contributed by atoms with Gasteiger partial charge < -0.3 is 9.32 Å². The van der Waals surface area contributed by atoms with Crippen LogP contribution in [0.3, 0.4) is 0 Å². The van der Waals surface area contributed by atoms with Crippen LogP contribution in [0.2, 0.25) is 0 Å². The summed E-state index contributed by atoms with van der Waals surface area (Å²) in [6, 6.07) is 10.2. The second-order valence-electron chi connectivity index (χ2n) is 8.50. The zero-order valence-electron chi connectivity index (χ0n) is 18.2. The third-order valence-corrected chi connectivity index (χ3v) is 9.06. The number of aromatic nitrogens is 2. The molecule has 0 spiro atoms. The highest BCUT2D eigenvalue weighted by Crippen LogP contribution is 2.30. The Kier molecular flexibility index (Phi) is 6.31. The lowest BCUT2D eigenvalue weighted by atomic mass is 9.97. The number of carbonyl (C=O) groups excluding carboxylic acids is 1. The van der Waals surface area contributed by atoms with Crippen molar-refractivity contribution in [2.24, 2.45) is 0 Å². The minimum Gasteiger partial charge on any atom is -0.420 e. The molecule has 10 heteroatoms. The first-order valence-electron chi connectivity index (χ1n) is 11.3. The molecule has 0 N–H and O–H groups in total. The average molecular weight is 487 g/mol. The zero-order valence-corrected chi connectivity index (χ0v) is 19.9. The highest BCUT2D eigenvalue weighted by Gasteiger charge is 2.30. The SMILES string of the molecule is O=C(c1ccc(S(=O)(=O)N2CCCCC2)cc1)N1CCCC(c2nnc(-c3cccs3)o2)C1. The molecule has 0 radical (unpaired) electrons. The fraction of sp³-hybridized carbons (Fsp3) is 0.435. The van der Waals surface area contributed by atoms with E-state index < -0.39 is 10.0 Å². The Balaban J connectivity index is 1.27. The number of thiophene rings is 1. The molecule has 2 saturated heterocycles. The summed E-state index contributed by atoms with van der Waals surface area (Å²) in [6.07, 6.45) is 4.56. The maximum absolute atomic E-state index is 13.1. The van der Waals surface area contributed by atoms with Gasteiger partial charge in [0.25, 0.3) is 11.8 Å². The lowest BCUT2D eigenvalue weighted by molar-refractivity contribution is 0.0698. The smallest absolute Gasteiger partial charge is 0.257 e. The van der Waals surface area contributed by atoms with Crippen LogP contribution < -0.4 is 0 Å². The second kappa shape index (κ2) is 9.36. The number of hydrogen-bond acceptors (Lipinski definition) is 7. The average Bonchev–Trinajstić information content (AvgIpc) is 3.57. The van der Waals surface area contributed by atoms with E-state index in [1.165, 1.54) is 4.31 Å². The van der Waals surface area contributed by atoms with Crippen LogP contribution in [0.4, 0.5) is 0 Å². The fourth-order valence-corrected chi connectivity index (χ4v) is 6.63. The van der Waals surface area contributed by atoms with Crippen molar-refractivity contribution in [2.45, 2.75) is 42.9 Å². The summed E-state index contributed by atoms with van der Waals surface area (Å²) >= 11 is 1.54. The predicted octanol–water partition coefficient (Wildman–Crippen LogP) is 3.99. The number of amides is 1. The van der Waals surface area contributed by atoms with Crippen molar-refractivity contribution in [1.29, 1.82) is 0 Å². The van der Waals surface area contributed by atoms with Crippen LogP contribution >= 0.6 is 11.3 Å². The van der Waals surface area contributed by atoms with E-state index in [1.807, 2.05) is 17.5 Å². The molecule has 0 saturated carbocycles. The first-order chi connectivity index (χ1) is 16.0. The number of sulfonamides is 1. The Hall–Kier alpha value is -2.56. The van der Waals surface area contributed by atoms with E-state index in [2.05, 4.69) is 10.2 Å². The van der Waals surface area contributed by atoms with Crippen molar-refractivity contribution in [3.05, 3.63) is 53.2 Å². The number of nitrogens with zero attached hydrogens (tertiary/aromatic N) is 4. The van der Waals surface area contributed by atoms with E-state index in [0.717, 1.165) is 37.0 Å². The minimum absolute atomic E-state index is 0.0114. The number of carbonyl (C=O) groups is 1. The van der Waals surface area contributed by atoms with Gasteiger partial charge in [-0.15, -0.1) is 21.5 Å². The van der Waals surface area contributed by atoms with E-state index >= 15 is 0 Å². The molecule has 3 aromatic rings. The van der Waals surface area contributed by atoms with Crippen molar-refractivity contribution in [2.75, 3.05) is 26.2 Å². The largest absolute Gasteiger partial charge is 0.420 e. The quantitative estimate of drug-likeness (QED) is 0.541. The molecule has 1 aromatic carbocycles. The molecule has 8 nitrogen and oxygen atoms in total. The van der Waals surface area contributed by atoms with Crippen LogP contribution in [0, 0.1) is 0 Å². The maximum Gasteiger partial charge on any atom is 0.257 e. The Morgan fingerprint density at radius 3 is 2.52 bits per heavy atom. The van der Waals surface area contributed by atoms with Gasteiger partial charge in [0.2, 0.25) is 15.9 Å². The zero-order chi connectivity index (χ0) is 22.8. The maximum atomic E-state index is 13.1. The van der Waals surface area contributed by atoms with E-state index in [-0.39, 0.29) is 16.7 Å². The van der Waals surface area contributed by atoms with Gasteiger partial charge in [0.15, 0.2) is 0 Å². The van der Waals surface area contributed by atoms with Gasteiger partial charge in [0, 0.05) is 31.7 Å². The number of likely N-dealkylation sites (tertiary alicyclic amines) is 1. The Labute approximate surface area is 197 Å². The molecule has 33 heavy (non-hydrogen) atoms. The lowest BCUT2D eigenvalue weighted by Gasteiger charge is -2.31. The van der Waals surface area contributed by atoms with E-state index in [4.69, 9.17) is 4.42 Å². The second-order valence-corrected chi connectivity index (χ2v) is 11.4. The van der Waals surface area contributed by atoms with Crippen LogP contribution in [-0.4, -0.2) is 59.9 Å². The number of rotatable bonds is 5. The van der Waals surface area contributed by atoms with Crippen molar-refractivity contribution >= 4 is 27.3 Å². The summed E-state index contributed by atoms with van der Waals surface area (Å²) in [7, 11) is -3.51. The van der Waals surface area contributed by atoms with Crippen LogP contribution in [0.1, 0.15) is 54.3 Å². The van der Waals surface area contributed by atoms with Crippen molar-refractivity contribution in [3.8, 4) is 10.8 Å². The molecule has 2 fully saturated rings.